The van der Waals surface area contributed by atoms with Crippen LogP contribution in [0.3, 0.4) is 0 Å². The second kappa shape index (κ2) is 70.9. The van der Waals surface area contributed by atoms with Crippen LogP contribution in [0.1, 0.15) is 400 Å². The SMILES string of the molecule is CC/C=C\C/C=C\C/C=C\C/C=C\CCC(=O)OCC(COC(=O)CCCCCCCCCCCCCCCCCCCCCCCCCCCCCCCCCCC)OC(=O)CCCCCCCCCCCCCCCCCCCC. The molecule has 6 nitrogen and oxygen atoms in total. The van der Waals surface area contributed by atoms with E-state index in [2.05, 4.69) is 63.3 Å². The lowest BCUT2D eigenvalue weighted by Gasteiger charge is -2.18. The molecule has 0 heterocycles. The van der Waals surface area contributed by atoms with Crippen LogP contribution < -0.4 is 0 Å². The van der Waals surface area contributed by atoms with E-state index in [9.17, 15) is 14.4 Å². The maximum Gasteiger partial charge on any atom is 0.306 e. The second-order valence-electron chi connectivity index (χ2n) is 24.8. The molecule has 0 saturated heterocycles. The number of carbonyl (C=O) groups excluding carboxylic acids is 3. The Hall–Kier alpha value is -2.63. The van der Waals surface area contributed by atoms with Gasteiger partial charge in [-0.3, -0.25) is 14.4 Å². The van der Waals surface area contributed by atoms with Gasteiger partial charge >= 0.3 is 17.9 Å². The van der Waals surface area contributed by atoms with Crippen LogP contribution in [0.15, 0.2) is 48.6 Å². The monoisotopic (exact) mass is 1150 g/mol. The van der Waals surface area contributed by atoms with E-state index in [1.165, 1.54) is 289 Å². The van der Waals surface area contributed by atoms with Crippen molar-refractivity contribution in [3.05, 3.63) is 48.6 Å². The fourth-order valence-electron chi connectivity index (χ4n) is 11.2. The molecule has 0 bridgehead atoms. The highest BCUT2D eigenvalue weighted by Crippen LogP contribution is 2.19. The molecule has 0 fully saturated rings. The lowest BCUT2D eigenvalue weighted by atomic mass is 10.0. The van der Waals surface area contributed by atoms with Crippen molar-refractivity contribution in [1.29, 1.82) is 0 Å². The quantitative estimate of drug-likeness (QED) is 0.0261. The van der Waals surface area contributed by atoms with Gasteiger partial charge in [0.1, 0.15) is 13.2 Å². The first-order valence-corrected chi connectivity index (χ1v) is 36.6. The molecule has 0 saturated carbocycles. The number of rotatable bonds is 68. The largest absolute Gasteiger partial charge is 0.462 e. The molecule has 82 heavy (non-hydrogen) atoms. The molecule has 0 aromatic carbocycles. The topological polar surface area (TPSA) is 78.9 Å². The zero-order valence-corrected chi connectivity index (χ0v) is 55.3. The smallest absolute Gasteiger partial charge is 0.306 e. The van der Waals surface area contributed by atoms with E-state index in [1.807, 2.05) is 6.08 Å². The zero-order valence-electron chi connectivity index (χ0n) is 55.3. The van der Waals surface area contributed by atoms with E-state index in [1.54, 1.807) is 0 Å². The van der Waals surface area contributed by atoms with Gasteiger partial charge in [-0.05, 0) is 44.9 Å². The van der Waals surface area contributed by atoms with Crippen LogP contribution in [0, 0.1) is 0 Å². The molecule has 1 unspecified atom stereocenters. The lowest BCUT2D eigenvalue weighted by molar-refractivity contribution is -0.166. The minimum absolute atomic E-state index is 0.0898. The third-order valence-corrected chi connectivity index (χ3v) is 16.6. The maximum absolute atomic E-state index is 12.9. The third kappa shape index (κ3) is 68.2. The molecule has 0 spiro atoms. The van der Waals surface area contributed by atoms with Crippen molar-refractivity contribution >= 4 is 17.9 Å². The highest BCUT2D eigenvalue weighted by atomic mass is 16.6. The van der Waals surface area contributed by atoms with Crippen LogP contribution in [0.25, 0.3) is 0 Å². The number of unbranched alkanes of at least 4 members (excludes halogenated alkanes) is 49. The predicted octanol–water partition coefficient (Wildman–Crippen LogP) is 25.3. The van der Waals surface area contributed by atoms with Gasteiger partial charge in [0.15, 0.2) is 6.10 Å². The van der Waals surface area contributed by atoms with Gasteiger partial charge in [-0.2, -0.15) is 0 Å². The number of hydrogen-bond acceptors (Lipinski definition) is 6. The summed E-state index contributed by atoms with van der Waals surface area (Å²) in [5.74, 6) is -0.948. The van der Waals surface area contributed by atoms with Crippen molar-refractivity contribution in [3.63, 3.8) is 0 Å². The van der Waals surface area contributed by atoms with E-state index in [0.717, 1.165) is 64.2 Å². The van der Waals surface area contributed by atoms with Crippen LogP contribution in [-0.2, 0) is 28.6 Å². The Kier molecular flexibility index (Phi) is 68.6. The van der Waals surface area contributed by atoms with Gasteiger partial charge in [-0.1, -0.05) is 384 Å². The van der Waals surface area contributed by atoms with Crippen LogP contribution in [0.4, 0.5) is 0 Å². The van der Waals surface area contributed by atoms with Crippen molar-refractivity contribution in [1.82, 2.24) is 0 Å². The Bertz CT molecular complexity index is 1410. The van der Waals surface area contributed by atoms with Crippen LogP contribution in [0.5, 0.6) is 0 Å². The second-order valence-corrected chi connectivity index (χ2v) is 24.8. The van der Waals surface area contributed by atoms with Crippen molar-refractivity contribution in [2.24, 2.45) is 0 Å². The van der Waals surface area contributed by atoms with Crippen LogP contribution >= 0.6 is 0 Å². The van der Waals surface area contributed by atoms with E-state index in [0.29, 0.717) is 19.3 Å². The summed E-state index contributed by atoms with van der Waals surface area (Å²) >= 11 is 0. The number of allylic oxidation sites excluding steroid dienone is 8. The molecule has 0 aliphatic rings. The summed E-state index contributed by atoms with van der Waals surface area (Å²) in [7, 11) is 0. The van der Waals surface area contributed by atoms with E-state index < -0.39 is 6.10 Å². The average molecular weight is 1150 g/mol. The standard InChI is InChI=1S/C76H140O6/c1-4-7-10-13-16-19-22-25-27-29-31-32-33-34-35-36-37-38-39-40-41-42-43-44-45-47-48-51-54-57-60-63-66-69-75(78)81-72-73(71-80-74(77)68-65-62-59-56-53-50-24-21-18-15-12-9-6-3)82-76(79)70-67-64-61-58-55-52-49-46-30-28-26-23-20-17-14-11-8-5-2/h9,12,18,21,50,53,59,62,73H,4-8,10-11,13-17,19-20,22-49,51-52,54-58,60-61,63-72H2,1-3H3/b12-9-,21-18-,53-50-,62-59-. The Morgan fingerprint density at radius 3 is 0.744 bits per heavy atom. The van der Waals surface area contributed by atoms with Crippen molar-refractivity contribution in [2.45, 2.75) is 406 Å². The summed E-state index contributed by atoms with van der Waals surface area (Å²) in [6, 6.07) is 0. The van der Waals surface area contributed by atoms with Gasteiger partial charge < -0.3 is 14.2 Å². The first kappa shape index (κ1) is 79.4. The Morgan fingerprint density at radius 1 is 0.256 bits per heavy atom. The maximum atomic E-state index is 12.9. The number of ether oxygens (including phenoxy) is 3. The Labute approximate surface area is 511 Å². The van der Waals surface area contributed by atoms with E-state index >= 15 is 0 Å². The average Bonchev–Trinajstić information content (AvgIpc) is 3.47. The highest BCUT2D eigenvalue weighted by molar-refractivity contribution is 5.71. The molecule has 0 aliphatic carbocycles. The van der Waals surface area contributed by atoms with Crippen molar-refractivity contribution in [2.75, 3.05) is 13.2 Å². The van der Waals surface area contributed by atoms with Gasteiger partial charge in [-0.25, -0.2) is 0 Å². The van der Waals surface area contributed by atoms with E-state index in [-0.39, 0.29) is 37.5 Å². The molecule has 0 radical (unpaired) electrons. The molecule has 0 rings (SSSR count). The van der Waals surface area contributed by atoms with Crippen LogP contribution in [-0.4, -0.2) is 37.2 Å². The van der Waals surface area contributed by atoms with Gasteiger partial charge in [-0.15, -0.1) is 0 Å². The molecule has 0 aromatic heterocycles. The summed E-state index contributed by atoms with van der Waals surface area (Å²) < 4.78 is 16.9. The normalized spacial score (nSPS) is 12.3. The molecule has 0 aromatic rings. The first-order chi connectivity index (χ1) is 40.5. The number of carbonyl (C=O) groups is 3. The fourth-order valence-corrected chi connectivity index (χ4v) is 11.2. The fraction of sp³-hybridized carbons (Fsp3) is 0.855. The lowest BCUT2D eigenvalue weighted by Crippen LogP contribution is -2.30. The highest BCUT2D eigenvalue weighted by Gasteiger charge is 2.19. The zero-order chi connectivity index (χ0) is 59.2. The van der Waals surface area contributed by atoms with Gasteiger partial charge in [0.25, 0.3) is 0 Å². The molecule has 6 heteroatoms. The van der Waals surface area contributed by atoms with Gasteiger partial charge in [0.2, 0.25) is 0 Å². The molecule has 1 atom stereocenters. The molecule has 0 N–H and O–H groups in total. The van der Waals surface area contributed by atoms with Crippen molar-refractivity contribution in [3.8, 4) is 0 Å². The summed E-state index contributed by atoms with van der Waals surface area (Å²) in [6.45, 7) is 6.54. The Morgan fingerprint density at radius 2 is 0.476 bits per heavy atom. The van der Waals surface area contributed by atoms with Crippen LogP contribution in [0.2, 0.25) is 0 Å². The number of hydrogen-bond donors (Lipinski definition) is 0. The molecule has 0 aliphatic heterocycles. The summed E-state index contributed by atoms with van der Waals surface area (Å²) in [5, 5.41) is 0. The minimum Gasteiger partial charge on any atom is -0.462 e. The molecule has 0 amide bonds. The summed E-state index contributed by atoms with van der Waals surface area (Å²) in [4.78, 5) is 38.3. The first-order valence-electron chi connectivity index (χ1n) is 36.6. The predicted molar refractivity (Wildman–Crippen MR) is 358 cm³/mol. The summed E-state index contributed by atoms with van der Waals surface area (Å²) in [6.07, 6.45) is 90.5. The molecule has 480 valence electrons. The summed E-state index contributed by atoms with van der Waals surface area (Å²) in [5.41, 5.74) is 0. The van der Waals surface area contributed by atoms with Gasteiger partial charge in [0, 0.05) is 19.3 Å². The molecular formula is C76H140O6. The van der Waals surface area contributed by atoms with Gasteiger partial charge in [0.05, 0.1) is 0 Å². The number of esters is 3. The third-order valence-electron chi connectivity index (χ3n) is 16.6. The minimum atomic E-state index is -0.800. The molecular weight excluding hydrogens is 1010 g/mol. The Balaban J connectivity index is 4.12. The van der Waals surface area contributed by atoms with E-state index in [4.69, 9.17) is 14.2 Å². The van der Waals surface area contributed by atoms with Crippen molar-refractivity contribution < 1.29 is 28.6 Å².